The molecule has 0 fully saturated rings. The monoisotopic (exact) mass is 385 g/mol. The fraction of sp³-hybridized carbons (Fsp3) is 0.0909. The molecule has 2 aromatic heterocycles. The predicted molar refractivity (Wildman–Crippen MR) is 113 cm³/mol. The third-order valence-corrected chi connectivity index (χ3v) is 4.23. The maximum absolute atomic E-state index is 12.7. The summed E-state index contributed by atoms with van der Waals surface area (Å²) in [7, 11) is 0. The second kappa shape index (κ2) is 8.35. The Morgan fingerprint density at radius 3 is 2.69 bits per heavy atom. The Morgan fingerprint density at radius 2 is 1.79 bits per heavy atom. The van der Waals surface area contributed by atoms with Crippen LogP contribution in [0.3, 0.4) is 0 Å². The molecule has 4 rings (SSSR count). The molecule has 7 nitrogen and oxygen atoms in total. The zero-order chi connectivity index (χ0) is 20.1. The van der Waals surface area contributed by atoms with Gasteiger partial charge in [0, 0.05) is 17.6 Å². The molecular weight excluding hydrogens is 366 g/mol. The van der Waals surface area contributed by atoms with Crippen molar-refractivity contribution >= 4 is 34.0 Å². The summed E-state index contributed by atoms with van der Waals surface area (Å²) in [6.45, 7) is 2.40. The van der Waals surface area contributed by atoms with Crippen LogP contribution in [0.5, 0.6) is 5.75 Å². The van der Waals surface area contributed by atoms with Gasteiger partial charge in [0.15, 0.2) is 0 Å². The van der Waals surface area contributed by atoms with E-state index in [0.29, 0.717) is 23.9 Å². The first-order chi connectivity index (χ1) is 14.2. The van der Waals surface area contributed by atoms with E-state index >= 15 is 0 Å². The lowest BCUT2D eigenvalue weighted by molar-refractivity contribution is 0.102. The van der Waals surface area contributed by atoms with Gasteiger partial charge in [0.2, 0.25) is 0 Å². The molecule has 2 N–H and O–H groups in total. The number of pyridine rings is 1. The molecule has 29 heavy (non-hydrogen) atoms. The molecule has 0 unspecified atom stereocenters. The lowest BCUT2D eigenvalue weighted by Crippen LogP contribution is -2.15. The number of ether oxygens (including phenoxy) is 1. The molecular formula is C22H19N5O2. The molecule has 0 aliphatic carbocycles. The summed E-state index contributed by atoms with van der Waals surface area (Å²) in [5.74, 6) is 0.762. The number of hydrogen-bond donors (Lipinski definition) is 2. The van der Waals surface area contributed by atoms with E-state index in [-0.39, 0.29) is 11.6 Å². The Balaban J connectivity index is 1.56. The van der Waals surface area contributed by atoms with Gasteiger partial charge in [0.25, 0.3) is 5.91 Å². The van der Waals surface area contributed by atoms with Crippen molar-refractivity contribution in [1.82, 2.24) is 15.0 Å². The summed E-state index contributed by atoms with van der Waals surface area (Å²) in [6.07, 6.45) is 3.09. The molecule has 144 valence electrons. The molecule has 4 aromatic rings. The third kappa shape index (κ3) is 4.14. The number of carbonyl (C=O) groups is 1. The number of rotatable bonds is 6. The number of fused-ring (bicyclic) bond motifs is 1. The standard InChI is InChI=1S/C22H19N5O2/c1-2-29-19-11-4-3-9-16(19)27-22(28)18-13-20(25-14-24-18)26-17-10-5-7-15-8-6-12-23-21(15)17/h3-14H,2H2,1H3,(H,27,28)(H,24,25,26). The zero-order valence-corrected chi connectivity index (χ0v) is 15.8. The van der Waals surface area contributed by atoms with Crippen LogP contribution in [0, 0.1) is 0 Å². The van der Waals surface area contributed by atoms with E-state index in [1.807, 2.05) is 49.4 Å². The summed E-state index contributed by atoms with van der Waals surface area (Å²) < 4.78 is 5.55. The number of anilines is 3. The lowest BCUT2D eigenvalue weighted by Gasteiger charge is -2.12. The largest absolute Gasteiger partial charge is 0.492 e. The molecule has 2 heterocycles. The number of para-hydroxylation sites is 3. The molecule has 0 radical (unpaired) electrons. The second-order valence-corrected chi connectivity index (χ2v) is 6.18. The van der Waals surface area contributed by atoms with E-state index in [1.54, 1.807) is 24.4 Å². The zero-order valence-electron chi connectivity index (χ0n) is 15.8. The average molecular weight is 385 g/mol. The van der Waals surface area contributed by atoms with Gasteiger partial charge in [-0.05, 0) is 31.2 Å². The van der Waals surface area contributed by atoms with Crippen LogP contribution in [0.4, 0.5) is 17.2 Å². The van der Waals surface area contributed by atoms with Crippen molar-refractivity contribution in [1.29, 1.82) is 0 Å². The molecule has 0 spiro atoms. The summed E-state index contributed by atoms with van der Waals surface area (Å²) in [4.78, 5) is 25.4. The van der Waals surface area contributed by atoms with Crippen molar-refractivity contribution in [2.75, 3.05) is 17.2 Å². The molecule has 0 saturated heterocycles. The Morgan fingerprint density at radius 1 is 0.966 bits per heavy atom. The van der Waals surface area contributed by atoms with Gasteiger partial charge in [-0.2, -0.15) is 0 Å². The van der Waals surface area contributed by atoms with Crippen LogP contribution in [0.1, 0.15) is 17.4 Å². The van der Waals surface area contributed by atoms with Crippen LogP contribution in [-0.2, 0) is 0 Å². The van der Waals surface area contributed by atoms with E-state index in [9.17, 15) is 4.79 Å². The first-order valence-electron chi connectivity index (χ1n) is 9.20. The third-order valence-electron chi connectivity index (χ3n) is 4.23. The van der Waals surface area contributed by atoms with Crippen molar-refractivity contribution in [2.45, 2.75) is 6.92 Å². The Labute approximate surface area is 167 Å². The SMILES string of the molecule is CCOc1ccccc1NC(=O)c1cc(Nc2cccc3cccnc23)ncn1. The van der Waals surface area contributed by atoms with Gasteiger partial charge in [-0.25, -0.2) is 9.97 Å². The highest BCUT2D eigenvalue weighted by Gasteiger charge is 2.12. The Kier molecular flexibility index (Phi) is 5.29. The van der Waals surface area contributed by atoms with Crippen molar-refractivity contribution < 1.29 is 9.53 Å². The number of hydrogen-bond acceptors (Lipinski definition) is 6. The van der Waals surface area contributed by atoms with Crippen molar-refractivity contribution in [3.63, 3.8) is 0 Å². The van der Waals surface area contributed by atoms with Crippen molar-refractivity contribution in [3.8, 4) is 5.75 Å². The summed E-state index contributed by atoms with van der Waals surface area (Å²) in [6, 6.07) is 18.6. The highest BCUT2D eigenvalue weighted by atomic mass is 16.5. The van der Waals surface area contributed by atoms with Crippen molar-refractivity contribution in [3.05, 3.63) is 78.9 Å². The number of aromatic nitrogens is 3. The summed E-state index contributed by atoms with van der Waals surface area (Å²) in [5.41, 5.74) is 2.45. The molecule has 2 aromatic carbocycles. The summed E-state index contributed by atoms with van der Waals surface area (Å²) in [5, 5.41) is 7.07. The maximum atomic E-state index is 12.7. The number of nitrogens with zero attached hydrogens (tertiary/aromatic N) is 3. The first-order valence-corrected chi connectivity index (χ1v) is 9.20. The lowest BCUT2D eigenvalue weighted by atomic mass is 10.2. The minimum atomic E-state index is -0.348. The van der Waals surface area contributed by atoms with Crippen LogP contribution in [0.2, 0.25) is 0 Å². The molecule has 0 aliphatic heterocycles. The van der Waals surface area contributed by atoms with Crippen LogP contribution in [0.15, 0.2) is 73.2 Å². The van der Waals surface area contributed by atoms with E-state index in [2.05, 4.69) is 25.6 Å². The average Bonchev–Trinajstić information content (AvgIpc) is 2.76. The van der Waals surface area contributed by atoms with Gasteiger partial charge in [-0.3, -0.25) is 9.78 Å². The second-order valence-electron chi connectivity index (χ2n) is 6.18. The number of amides is 1. The van der Waals surface area contributed by atoms with Crippen LogP contribution < -0.4 is 15.4 Å². The van der Waals surface area contributed by atoms with Gasteiger partial charge in [-0.15, -0.1) is 0 Å². The molecule has 1 amide bonds. The fourth-order valence-electron chi connectivity index (χ4n) is 2.93. The highest BCUT2D eigenvalue weighted by molar-refractivity contribution is 6.04. The predicted octanol–water partition coefficient (Wildman–Crippen LogP) is 4.42. The molecule has 0 bridgehead atoms. The molecule has 0 saturated carbocycles. The van der Waals surface area contributed by atoms with Crippen LogP contribution in [0.25, 0.3) is 10.9 Å². The first kappa shape index (κ1) is 18.4. The molecule has 0 aliphatic rings. The van der Waals surface area contributed by atoms with E-state index in [0.717, 1.165) is 16.6 Å². The highest BCUT2D eigenvalue weighted by Crippen LogP contribution is 2.25. The van der Waals surface area contributed by atoms with E-state index < -0.39 is 0 Å². The van der Waals surface area contributed by atoms with Crippen LogP contribution in [-0.4, -0.2) is 27.5 Å². The number of benzene rings is 2. The Hall–Kier alpha value is -4.00. The normalized spacial score (nSPS) is 10.5. The smallest absolute Gasteiger partial charge is 0.274 e. The topological polar surface area (TPSA) is 89.0 Å². The molecule has 7 heteroatoms. The van der Waals surface area contributed by atoms with Gasteiger partial charge in [0.05, 0.1) is 23.5 Å². The van der Waals surface area contributed by atoms with Gasteiger partial charge in [-0.1, -0.05) is 30.3 Å². The quantitative estimate of drug-likeness (QED) is 0.511. The number of carbonyl (C=O) groups excluding carboxylic acids is 1. The number of nitrogens with one attached hydrogen (secondary N) is 2. The molecule has 0 atom stereocenters. The maximum Gasteiger partial charge on any atom is 0.274 e. The minimum absolute atomic E-state index is 0.238. The van der Waals surface area contributed by atoms with Crippen molar-refractivity contribution in [2.24, 2.45) is 0 Å². The van der Waals surface area contributed by atoms with E-state index in [4.69, 9.17) is 4.74 Å². The van der Waals surface area contributed by atoms with Crippen LogP contribution >= 0.6 is 0 Å². The Bertz CT molecular complexity index is 1160. The summed E-state index contributed by atoms with van der Waals surface area (Å²) >= 11 is 0. The van der Waals surface area contributed by atoms with E-state index in [1.165, 1.54) is 6.33 Å². The van der Waals surface area contributed by atoms with Gasteiger partial charge in [0.1, 0.15) is 23.6 Å². The van der Waals surface area contributed by atoms with Gasteiger partial charge < -0.3 is 15.4 Å². The van der Waals surface area contributed by atoms with Gasteiger partial charge >= 0.3 is 0 Å². The minimum Gasteiger partial charge on any atom is -0.492 e. The fourth-order valence-corrected chi connectivity index (χ4v) is 2.93.